The SMILES string of the molecule is COC(=O)C=C1c2ccccc2C(=O)N(C)c2cc(OS(=O)(=O)C(F)(F)F)ccc21. The van der Waals surface area contributed by atoms with Crippen molar-refractivity contribution in [3.05, 3.63) is 65.2 Å². The van der Waals surface area contributed by atoms with Crippen LogP contribution in [0.3, 0.4) is 0 Å². The molecule has 2 aromatic rings. The maximum atomic E-state index is 12.9. The molecule has 0 spiro atoms. The van der Waals surface area contributed by atoms with Gasteiger partial charge in [0.15, 0.2) is 0 Å². The molecule has 0 aliphatic carbocycles. The number of fused-ring (bicyclic) bond motifs is 2. The Morgan fingerprint density at radius 1 is 1.07 bits per heavy atom. The maximum Gasteiger partial charge on any atom is 0.534 e. The van der Waals surface area contributed by atoms with E-state index >= 15 is 0 Å². The van der Waals surface area contributed by atoms with E-state index in [1.54, 1.807) is 18.2 Å². The van der Waals surface area contributed by atoms with Crippen LogP contribution in [0.1, 0.15) is 21.5 Å². The van der Waals surface area contributed by atoms with Crippen LogP contribution in [0.25, 0.3) is 5.57 Å². The summed E-state index contributed by atoms with van der Waals surface area (Å²) in [4.78, 5) is 25.9. The second-order valence-electron chi connectivity index (χ2n) is 6.15. The van der Waals surface area contributed by atoms with E-state index in [0.717, 1.165) is 23.1 Å². The van der Waals surface area contributed by atoms with Crippen molar-refractivity contribution in [1.82, 2.24) is 0 Å². The molecule has 0 radical (unpaired) electrons. The number of anilines is 1. The van der Waals surface area contributed by atoms with Crippen LogP contribution in [0, 0.1) is 0 Å². The minimum Gasteiger partial charge on any atom is -0.466 e. The van der Waals surface area contributed by atoms with Crippen molar-refractivity contribution in [1.29, 1.82) is 0 Å². The zero-order chi connectivity index (χ0) is 22.3. The second kappa shape index (κ2) is 7.48. The topological polar surface area (TPSA) is 90.0 Å². The lowest BCUT2D eigenvalue weighted by Crippen LogP contribution is -2.28. The number of methoxy groups -OCH3 is 1. The molecule has 3 rings (SSSR count). The molecule has 1 aliphatic rings. The third-order valence-corrected chi connectivity index (χ3v) is 5.30. The Morgan fingerprint density at radius 3 is 2.30 bits per heavy atom. The van der Waals surface area contributed by atoms with Crippen LogP contribution in [-0.4, -0.2) is 40.0 Å². The van der Waals surface area contributed by atoms with Crippen molar-refractivity contribution in [2.75, 3.05) is 19.1 Å². The Balaban J connectivity index is 2.22. The smallest absolute Gasteiger partial charge is 0.466 e. The summed E-state index contributed by atoms with van der Waals surface area (Å²) < 4.78 is 69.4. The molecule has 0 saturated carbocycles. The van der Waals surface area contributed by atoms with Crippen LogP contribution in [0.15, 0.2) is 48.5 Å². The molecule has 7 nitrogen and oxygen atoms in total. The number of nitrogens with zero attached hydrogens (tertiary/aromatic N) is 1. The summed E-state index contributed by atoms with van der Waals surface area (Å²) in [7, 11) is -3.37. The van der Waals surface area contributed by atoms with Crippen LogP contribution < -0.4 is 9.08 Å². The summed E-state index contributed by atoms with van der Waals surface area (Å²) in [6, 6.07) is 9.63. The van der Waals surface area contributed by atoms with Gasteiger partial charge in [-0.1, -0.05) is 18.2 Å². The first kappa shape index (κ1) is 21.4. The summed E-state index contributed by atoms with van der Waals surface area (Å²) in [5, 5.41) is 0. The summed E-state index contributed by atoms with van der Waals surface area (Å²) in [5.41, 5.74) is -4.38. The number of halogens is 3. The quantitative estimate of drug-likeness (QED) is 0.315. The van der Waals surface area contributed by atoms with Gasteiger partial charge in [-0.05, 0) is 29.3 Å². The first-order valence-corrected chi connectivity index (χ1v) is 9.69. The summed E-state index contributed by atoms with van der Waals surface area (Å²) >= 11 is 0. The third kappa shape index (κ3) is 3.75. The fourth-order valence-corrected chi connectivity index (χ4v) is 3.37. The molecule has 0 N–H and O–H groups in total. The number of amides is 1. The number of alkyl halides is 3. The highest BCUT2D eigenvalue weighted by Crippen LogP contribution is 2.40. The monoisotopic (exact) mass is 441 g/mol. The van der Waals surface area contributed by atoms with Crippen LogP contribution in [0.2, 0.25) is 0 Å². The highest BCUT2D eigenvalue weighted by Gasteiger charge is 2.48. The largest absolute Gasteiger partial charge is 0.534 e. The highest BCUT2D eigenvalue weighted by atomic mass is 32.2. The molecule has 11 heteroatoms. The van der Waals surface area contributed by atoms with Crippen molar-refractivity contribution >= 4 is 33.3 Å². The molecule has 0 atom stereocenters. The van der Waals surface area contributed by atoms with Crippen molar-refractivity contribution in [2.24, 2.45) is 0 Å². The van der Waals surface area contributed by atoms with Gasteiger partial charge in [0, 0.05) is 30.3 Å². The van der Waals surface area contributed by atoms with Crippen LogP contribution in [0.4, 0.5) is 18.9 Å². The van der Waals surface area contributed by atoms with E-state index in [0.29, 0.717) is 5.56 Å². The van der Waals surface area contributed by atoms with E-state index in [9.17, 15) is 31.2 Å². The Labute approximate surface area is 169 Å². The number of ether oxygens (including phenoxy) is 1. The van der Waals surface area contributed by atoms with Gasteiger partial charge < -0.3 is 13.8 Å². The second-order valence-corrected chi connectivity index (χ2v) is 7.69. The molecular formula is C19H14F3NO6S. The van der Waals surface area contributed by atoms with Crippen molar-refractivity contribution in [3.8, 4) is 5.75 Å². The molecular weight excluding hydrogens is 427 g/mol. The zero-order valence-corrected chi connectivity index (χ0v) is 16.4. The lowest BCUT2D eigenvalue weighted by Gasteiger charge is -2.19. The molecule has 0 bridgehead atoms. The summed E-state index contributed by atoms with van der Waals surface area (Å²) in [6.07, 6.45) is 1.14. The van der Waals surface area contributed by atoms with Gasteiger partial charge in [-0.3, -0.25) is 4.79 Å². The minimum atomic E-state index is -5.90. The first-order chi connectivity index (χ1) is 14.0. The molecule has 30 heavy (non-hydrogen) atoms. The molecule has 1 heterocycles. The number of carbonyl (C=O) groups is 2. The van der Waals surface area contributed by atoms with Gasteiger partial charge in [0.1, 0.15) is 5.75 Å². The molecule has 158 valence electrons. The lowest BCUT2D eigenvalue weighted by atomic mass is 9.94. The van der Waals surface area contributed by atoms with E-state index in [4.69, 9.17) is 0 Å². The average Bonchev–Trinajstić information content (AvgIpc) is 2.77. The predicted octanol–water partition coefficient (Wildman–Crippen LogP) is 3.11. The molecule has 0 unspecified atom stereocenters. The maximum absolute atomic E-state index is 12.9. The average molecular weight is 441 g/mol. The molecule has 1 aliphatic heterocycles. The number of esters is 1. The molecule has 1 amide bonds. The van der Waals surface area contributed by atoms with Crippen LogP contribution in [0.5, 0.6) is 5.75 Å². The van der Waals surface area contributed by atoms with Gasteiger partial charge in [0.25, 0.3) is 5.91 Å². The number of carbonyl (C=O) groups excluding carboxylic acids is 2. The number of hydrogen-bond donors (Lipinski definition) is 0. The predicted molar refractivity (Wildman–Crippen MR) is 100 cm³/mol. The number of rotatable bonds is 3. The van der Waals surface area contributed by atoms with Crippen molar-refractivity contribution in [2.45, 2.75) is 5.51 Å². The molecule has 0 aromatic heterocycles. The number of benzene rings is 2. The zero-order valence-electron chi connectivity index (χ0n) is 15.6. The Hall–Kier alpha value is -3.34. The van der Waals surface area contributed by atoms with E-state index in [-0.39, 0.29) is 22.4 Å². The number of hydrogen-bond acceptors (Lipinski definition) is 6. The molecule has 2 aromatic carbocycles. The highest BCUT2D eigenvalue weighted by molar-refractivity contribution is 7.88. The van der Waals surface area contributed by atoms with Gasteiger partial charge in [-0.15, -0.1) is 0 Å². The Bertz CT molecular complexity index is 1170. The lowest BCUT2D eigenvalue weighted by molar-refractivity contribution is -0.134. The van der Waals surface area contributed by atoms with Crippen LogP contribution in [-0.2, 0) is 19.6 Å². The Morgan fingerprint density at radius 2 is 1.70 bits per heavy atom. The van der Waals surface area contributed by atoms with Gasteiger partial charge in [0.2, 0.25) is 0 Å². The van der Waals surface area contributed by atoms with Gasteiger partial charge >= 0.3 is 21.6 Å². The van der Waals surface area contributed by atoms with Crippen LogP contribution >= 0.6 is 0 Å². The normalized spacial score (nSPS) is 15.3. The van der Waals surface area contributed by atoms with E-state index < -0.39 is 33.3 Å². The van der Waals surface area contributed by atoms with E-state index in [1.807, 2.05) is 0 Å². The summed E-state index contributed by atoms with van der Waals surface area (Å²) in [6.45, 7) is 0. The minimum absolute atomic E-state index is 0.0428. The van der Waals surface area contributed by atoms with Crippen molar-refractivity contribution in [3.63, 3.8) is 0 Å². The summed E-state index contributed by atoms with van der Waals surface area (Å²) in [5.74, 6) is -1.88. The Kier molecular flexibility index (Phi) is 5.33. The third-order valence-electron chi connectivity index (χ3n) is 4.33. The molecule has 0 fully saturated rings. The van der Waals surface area contributed by atoms with Gasteiger partial charge in [0.05, 0.1) is 12.8 Å². The standard InChI is InChI=1S/C19H14F3NO6S/c1-23-16-9-11(29-30(26,27)19(20,21)22)7-8-13(16)15(10-17(24)28-2)12-5-3-4-6-14(12)18(23)25/h3-10H,1-2H3. The van der Waals surface area contributed by atoms with Gasteiger partial charge in [-0.2, -0.15) is 21.6 Å². The van der Waals surface area contributed by atoms with Crippen molar-refractivity contribution < 1.29 is 40.1 Å². The fourth-order valence-electron chi connectivity index (χ4n) is 2.91. The van der Waals surface area contributed by atoms with E-state index in [1.165, 1.54) is 26.3 Å². The fraction of sp³-hybridized carbons (Fsp3) is 0.158. The van der Waals surface area contributed by atoms with E-state index in [2.05, 4.69) is 8.92 Å². The molecule has 0 saturated heterocycles. The first-order valence-electron chi connectivity index (χ1n) is 8.28. The van der Waals surface area contributed by atoms with Gasteiger partial charge in [-0.25, -0.2) is 4.79 Å².